The summed E-state index contributed by atoms with van der Waals surface area (Å²) in [5, 5.41) is 1.65. The second-order valence-electron chi connectivity index (χ2n) is 5.45. The van der Waals surface area contributed by atoms with Crippen LogP contribution < -0.4 is 0 Å². The molecule has 0 aromatic heterocycles. The van der Waals surface area contributed by atoms with Crippen LogP contribution in [0.3, 0.4) is 0 Å². The number of allylic oxidation sites excluding steroid dienone is 2. The van der Waals surface area contributed by atoms with Crippen LogP contribution in [0.15, 0.2) is 10.7 Å². The van der Waals surface area contributed by atoms with Gasteiger partial charge in [0.1, 0.15) is 0 Å². The van der Waals surface area contributed by atoms with Crippen LogP contribution in [0.2, 0.25) is 25.7 Å². The average molecular weight is 273 g/mol. The minimum absolute atomic E-state index is 0.761. The summed E-state index contributed by atoms with van der Waals surface area (Å²) in [7, 11) is -1.65. The highest BCUT2D eigenvalue weighted by Crippen LogP contribution is 2.31. The van der Waals surface area contributed by atoms with Gasteiger partial charge in [0.2, 0.25) is 0 Å². The first-order chi connectivity index (χ1) is 7.92. The molecule has 0 heterocycles. The Bertz CT molecular complexity index is 239. The highest BCUT2D eigenvalue weighted by molar-refractivity contribution is 7.23. The van der Waals surface area contributed by atoms with E-state index in [0.717, 1.165) is 6.71 Å². The third-order valence-electron chi connectivity index (χ3n) is 3.74. The van der Waals surface area contributed by atoms with Crippen molar-refractivity contribution in [2.75, 3.05) is 0 Å². The third kappa shape index (κ3) is 5.65. The van der Waals surface area contributed by atoms with Crippen molar-refractivity contribution >= 4 is 25.2 Å². The number of unbranched alkanes of at least 4 members (excludes halogenated alkanes) is 1. The Balaban J connectivity index is 5.27. The lowest BCUT2D eigenvalue weighted by atomic mass is 9.40. The van der Waals surface area contributed by atoms with Gasteiger partial charge in [-0.25, -0.2) is 0 Å². The number of hydrogen-bond donors (Lipinski definition) is 0. The lowest BCUT2D eigenvalue weighted by Gasteiger charge is -2.26. The summed E-state index contributed by atoms with van der Waals surface area (Å²) in [6, 6.07) is 0. The monoisotopic (exact) mass is 272 g/mol. The second-order valence-corrected chi connectivity index (χ2v) is 11.8. The molecule has 0 rings (SSSR count). The smallest absolute Gasteiger partial charge is 0.162 e. The van der Waals surface area contributed by atoms with Crippen LogP contribution >= 0.6 is 11.1 Å². The molecule has 0 amide bonds. The molecule has 0 aliphatic heterocycles. The van der Waals surface area contributed by atoms with Gasteiger partial charge in [-0.1, -0.05) is 71.5 Å². The minimum Gasteiger partial charge on any atom is -0.162 e. The van der Waals surface area contributed by atoms with Crippen LogP contribution in [0.5, 0.6) is 0 Å². The molecule has 0 spiro atoms. The zero-order valence-electron chi connectivity index (χ0n) is 12.7. The van der Waals surface area contributed by atoms with Crippen molar-refractivity contribution < 1.29 is 0 Å². The fourth-order valence-corrected chi connectivity index (χ4v) is 5.29. The lowest BCUT2D eigenvalue weighted by Crippen LogP contribution is -2.27. The van der Waals surface area contributed by atoms with Gasteiger partial charge in [-0.05, 0) is 12.8 Å². The number of halogens is 1. The van der Waals surface area contributed by atoms with E-state index in [0.29, 0.717) is 0 Å². The first-order valence-corrected chi connectivity index (χ1v) is 11.3. The number of rotatable bonds is 8. The molecule has 0 fully saturated rings. The average Bonchev–Trinajstić information content (AvgIpc) is 2.26. The molecule has 0 saturated heterocycles. The normalized spacial score (nSPS) is 13.6. The van der Waals surface area contributed by atoms with E-state index in [1.165, 1.54) is 38.3 Å². The Morgan fingerprint density at radius 3 is 1.88 bits per heavy atom. The third-order valence-corrected chi connectivity index (χ3v) is 6.44. The van der Waals surface area contributed by atoms with E-state index in [-0.39, 0.29) is 0 Å². The maximum absolute atomic E-state index is 6.75. The summed E-state index contributed by atoms with van der Waals surface area (Å²) < 4.78 is 0. The molecule has 0 N–H and O–H groups in total. The van der Waals surface area contributed by atoms with Gasteiger partial charge < -0.3 is 0 Å². The zero-order valence-corrected chi connectivity index (χ0v) is 14.5. The predicted molar refractivity (Wildman–Crippen MR) is 86.9 cm³/mol. The molecule has 17 heavy (non-hydrogen) atoms. The van der Waals surface area contributed by atoms with Crippen LogP contribution in [-0.4, -0.2) is 14.1 Å². The fourth-order valence-electron chi connectivity index (χ4n) is 2.72. The van der Waals surface area contributed by atoms with E-state index in [1.54, 1.807) is 10.7 Å². The van der Waals surface area contributed by atoms with Gasteiger partial charge in [-0.3, -0.25) is 0 Å². The molecule has 0 unspecified atom stereocenters. The van der Waals surface area contributed by atoms with Crippen LogP contribution in [0, 0.1) is 0 Å². The van der Waals surface area contributed by atoms with E-state index in [4.69, 9.17) is 11.1 Å². The van der Waals surface area contributed by atoms with Gasteiger partial charge in [0, 0.05) is 0 Å². The summed E-state index contributed by atoms with van der Waals surface area (Å²) in [6.07, 6.45) is 7.51. The second kappa shape index (κ2) is 8.42. The van der Waals surface area contributed by atoms with Crippen molar-refractivity contribution in [3.8, 4) is 0 Å². The molecule has 0 nitrogen and oxygen atoms in total. The SMILES string of the molecule is CCCC/C(=C(\CC)B(CC)CC)[Si](C)(C)Cl. The molecular weight excluding hydrogens is 243 g/mol. The molecule has 0 aliphatic rings. The molecule has 0 aliphatic carbocycles. The summed E-state index contributed by atoms with van der Waals surface area (Å²) in [5.74, 6) is 0. The van der Waals surface area contributed by atoms with Gasteiger partial charge in [-0.15, -0.1) is 5.47 Å². The molecule has 0 saturated carbocycles. The molecule has 0 atom stereocenters. The van der Waals surface area contributed by atoms with Crippen molar-refractivity contribution in [2.45, 2.75) is 79.1 Å². The summed E-state index contributed by atoms with van der Waals surface area (Å²) in [6.45, 7) is 14.5. The van der Waals surface area contributed by atoms with Gasteiger partial charge in [0.15, 0.2) is 14.1 Å². The van der Waals surface area contributed by atoms with Crippen molar-refractivity contribution in [3.63, 3.8) is 0 Å². The van der Waals surface area contributed by atoms with Crippen molar-refractivity contribution in [1.82, 2.24) is 0 Å². The van der Waals surface area contributed by atoms with Gasteiger partial charge in [-0.2, -0.15) is 11.1 Å². The predicted octanol–water partition coefficient (Wildman–Crippen LogP) is 5.94. The first-order valence-electron chi connectivity index (χ1n) is 7.33. The first kappa shape index (κ1) is 17.3. The summed E-state index contributed by atoms with van der Waals surface area (Å²) >= 11 is 6.75. The number of hydrogen-bond acceptors (Lipinski definition) is 0. The van der Waals surface area contributed by atoms with Gasteiger partial charge in [0.05, 0.1) is 0 Å². The Labute approximate surface area is 115 Å². The van der Waals surface area contributed by atoms with E-state index in [9.17, 15) is 0 Å². The van der Waals surface area contributed by atoms with Crippen LogP contribution in [0.1, 0.15) is 53.4 Å². The molecule has 0 aromatic rings. The summed E-state index contributed by atoms with van der Waals surface area (Å²) in [5.41, 5.74) is 1.69. The Morgan fingerprint density at radius 2 is 1.59 bits per heavy atom. The highest BCUT2D eigenvalue weighted by Gasteiger charge is 2.28. The molecule has 3 heteroatoms. The van der Waals surface area contributed by atoms with Crippen molar-refractivity contribution in [2.24, 2.45) is 0 Å². The largest absolute Gasteiger partial charge is 0.176 e. The maximum atomic E-state index is 6.75. The molecule has 0 aromatic carbocycles. The van der Waals surface area contributed by atoms with Crippen molar-refractivity contribution in [3.05, 3.63) is 10.7 Å². The van der Waals surface area contributed by atoms with Gasteiger partial charge >= 0.3 is 0 Å². The Morgan fingerprint density at radius 1 is 1.06 bits per heavy atom. The van der Waals surface area contributed by atoms with Crippen molar-refractivity contribution in [1.29, 1.82) is 0 Å². The van der Waals surface area contributed by atoms with Gasteiger partial charge in [0.25, 0.3) is 0 Å². The maximum Gasteiger partial charge on any atom is 0.176 e. The zero-order chi connectivity index (χ0) is 13.5. The molecule has 100 valence electrons. The van der Waals surface area contributed by atoms with E-state index in [1.807, 2.05) is 0 Å². The van der Waals surface area contributed by atoms with E-state index < -0.39 is 7.38 Å². The standard InChI is InChI=1S/C14H30BClSi/c1-7-11-12-14(17(5,6)16)13(8-2)15(9-3)10-4/h7-12H2,1-6H3/b14-13-. The van der Waals surface area contributed by atoms with Crippen LogP contribution in [-0.2, 0) is 0 Å². The highest BCUT2D eigenvalue weighted by atomic mass is 35.6. The van der Waals surface area contributed by atoms with Crippen LogP contribution in [0.25, 0.3) is 0 Å². The quantitative estimate of drug-likeness (QED) is 0.379. The lowest BCUT2D eigenvalue weighted by molar-refractivity contribution is 0.799. The van der Waals surface area contributed by atoms with E-state index >= 15 is 0 Å². The molecule has 0 bridgehead atoms. The molecular formula is C14H30BClSi. The molecule has 0 radical (unpaired) electrons. The van der Waals surface area contributed by atoms with Crippen LogP contribution in [0.4, 0.5) is 0 Å². The Kier molecular flexibility index (Phi) is 8.57. The fraction of sp³-hybridized carbons (Fsp3) is 0.857. The van der Waals surface area contributed by atoms with E-state index in [2.05, 4.69) is 40.8 Å². The summed E-state index contributed by atoms with van der Waals surface area (Å²) in [4.78, 5) is 0. The Hall–Kier alpha value is 0.312. The minimum atomic E-state index is -1.65. The topological polar surface area (TPSA) is 0 Å².